The van der Waals surface area contributed by atoms with E-state index in [0.29, 0.717) is 19.6 Å². The molecule has 1 heterocycles. The maximum atomic E-state index is 12.1. The lowest BCUT2D eigenvalue weighted by Crippen LogP contribution is -2.50. The zero-order valence-corrected chi connectivity index (χ0v) is 15.0. The molecular weight excluding hydrogens is 346 g/mol. The quantitative estimate of drug-likeness (QED) is 0.870. The Balaban J connectivity index is 1.97. The number of hydrogen-bond acceptors (Lipinski definition) is 4. The van der Waals surface area contributed by atoms with Crippen molar-refractivity contribution in [3.63, 3.8) is 0 Å². The molecule has 0 spiro atoms. The van der Waals surface area contributed by atoms with E-state index in [9.17, 15) is 4.79 Å². The summed E-state index contributed by atoms with van der Waals surface area (Å²) in [5, 5.41) is 0. The van der Waals surface area contributed by atoms with E-state index in [2.05, 4.69) is 33.0 Å². The van der Waals surface area contributed by atoms with Crippen molar-refractivity contribution >= 4 is 27.7 Å². The number of benzene rings is 1. The predicted molar refractivity (Wildman–Crippen MR) is 92.1 cm³/mol. The second kappa shape index (κ2) is 6.87. The number of rotatable bonds is 2. The van der Waals surface area contributed by atoms with Crippen LogP contribution in [0.25, 0.3) is 0 Å². The zero-order valence-electron chi connectivity index (χ0n) is 13.4. The Morgan fingerprint density at radius 3 is 2.41 bits per heavy atom. The minimum Gasteiger partial charge on any atom is -0.444 e. The van der Waals surface area contributed by atoms with E-state index in [1.807, 2.05) is 26.8 Å². The fourth-order valence-electron chi connectivity index (χ4n) is 2.41. The number of nitrogens with two attached hydrogens (primary N) is 1. The van der Waals surface area contributed by atoms with Gasteiger partial charge in [-0.05, 0) is 44.5 Å². The maximum Gasteiger partial charge on any atom is 0.410 e. The van der Waals surface area contributed by atoms with Crippen molar-refractivity contribution in [1.82, 2.24) is 4.90 Å². The van der Waals surface area contributed by atoms with Gasteiger partial charge in [0.05, 0.1) is 0 Å². The number of halogens is 1. The first-order valence-electron chi connectivity index (χ1n) is 7.51. The molecule has 22 heavy (non-hydrogen) atoms. The van der Waals surface area contributed by atoms with Crippen LogP contribution in [0.15, 0.2) is 22.7 Å². The summed E-state index contributed by atoms with van der Waals surface area (Å²) in [7, 11) is 0. The van der Waals surface area contributed by atoms with Gasteiger partial charge in [-0.3, -0.25) is 0 Å². The third-order valence-corrected chi connectivity index (χ3v) is 3.93. The Morgan fingerprint density at radius 2 is 1.86 bits per heavy atom. The Hall–Kier alpha value is -1.27. The molecule has 0 saturated carbocycles. The average Bonchev–Trinajstić information content (AvgIpc) is 2.45. The van der Waals surface area contributed by atoms with E-state index in [-0.39, 0.29) is 6.09 Å². The summed E-state index contributed by atoms with van der Waals surface area (Å²) in [6.45, 7) is 9.09. The summed E-state index contributed by atoms with van der Waals surface area (Å²) in [5.74, 6) is 0. The monoisotopic (exact) mass is 369 g/mol. The molecule has 1 aliphatic rings. The number of hydrogen-bond donors (Lipinski definition) is 1. The van der Waals surface area contributed by atoms with Gasteiger partial charge < -0.3 is 20.3 Å². The van der Waals surface area contributed by atoms with Gasteiger partial charge in [0.1, 0.15) is 5.60 Å². The molecule has 1 aromatic carbocycles. The summed E-state index contributed by atoms with van der Waals surface area (Å²) in [5.41, 5.74) is 7.51. The number of amides is 1. The van der Waals surface area contributed by atoms with E-state index in [0.717, 1.165) is 28.8 Å². The number of carbonyl (C=O) groups excluding carboxylic acids is 1. The van der Waals surface area contributed by atoms with Crippen molar-refractivity contribution in [3.8, 4) is 0 Å². The predicted octanol–water partition coefficient (Wildman–Crippen LogP) is 2.96. The second-order valence-corrected chi connectivity index (χ2v) is 7.39. The van der Waals surface area contributed by atoms with Crippen LogP contribution in [0, 0.1) is 0 Å². The topological polar surface area (TPSA) is 58.8 Å². The standard InChI is InChI=1S/C16H24BrN3O2/c1-16(2,3)22-15(21)20-6-4-19(5-7-20)14-9-12(11-18)8-13(17)10-14/h8-10H,4-7,11,18H2,1-3H3. The van der Waals surface area contributed by atoms with Crippen molar-refractivity contribution in [3.05, 3.63) is 28.2 Å². The SMILES string of the molecule is CC(C)(C)OC(=O)N1CCN(c2cc(Br)cc(CN)c2)CC1. The number of carbonyl (C=O) groups is 1. The molecule has 0 unspecified atom stereocenters. The van der Waals surface area contributed by atoms with E-state index in [4.69, 9.17) is 10.5 Å². The highest BCUT2D eigenvalue weighted by Crippen LogP contribution is 2.24. The molecule has 122 valence electrons. The van der Waals surface area contributed by atoms with Crippen LogP contribution in [0.2, 0.25) is 0 Å². The van der Waals surface area contributed by atoms with Crippen LogP contribution in [0.3, 0.4) is 0 Å². The highest BCUT2D eigenvalue weighted by Gasteiger charge is 2.26. The molecule has 6 heteroatoms. The number of piperazine rings is 1. The fourth-order valence-corrected chi connectivity index (χ4v) is 2.94. The third kappa shape index (κ3) is 4.61. The second-order valence-electron chi connectivity index (χ2n) is 6.48. The maximum absolute atomic E-state index is 12.1. The summed E-state index contributed by atoms with van der Waals surface area (Å²) in [6.07, 6.45) is -0.232. The summed E-state index contributed by atoms with van der Waals surface area (Å²) >= 11 is 3.52. The Bertz CT molecular complexity index is 535. The lowest BCUT2D eigenvalue weighted by Gasteiger charge is -2.37. The molecular formula is C16H24BrN3O2. The first-order valence-corrected chi connectivity index (χ1v) is 8.30. The van der Waals surface area contributed by atoms with Crippen molar-refractivity contribution in [2.45, 2.75) is 32.9 Å². The van der Waals surface area contributed by atoms with Crippen molar-refractivity contribution < 1.29 is 9.53 Å². The average molecular weight is 370 g/mol. The smallest absolute Gasteiger partial charge is 0.410 e. The van der Waals surface area contributed by atoms with Gasteiger partial charge in [0.15, 0.2) is 0 Å². The van der Waals surface area contributed by atoms with Gasteiger partial charge in [0.2, 0.25) is 0 Å². The van der Waals surface area contributed by atoms with Gasteiger partial charge in [-0.15, -0.1) is 0 Å². The Kier molecular flexibility index (Phi) is 5.34. The molecule has 1 fully saturated rings. The molecule has 1 saturated heterocycles. The van der Waals surface area contributed by atoms with Gasteiger partial charge in [0.25, 0.3) is 0 Å². The van der Waals surface area contributed by atoms with Crippen LogP contribution in [0.1, 0.15) is 26.3 Å². The molecule has 0 bridgehead atoms. The van der Waals surface area contributed by atoms with Gasteiger partial charge in [-0.25, -0.2) is 4.79 Å². The zero-order chi connectivity index (χ0) is 16.3. The van der Waals surface area contributed by atoms with Crippen LogP contribution < -0.4 is 10.6 Å². The normalized spacial score (nSPS) is 15.9. The first kappa shape index (κ1) is 17.1. The molecule has 2 N–H and O–H groups in total. The largest absolute Gasteiger partial charge is 0.444 e. The van der Waals surface area contributed by atoms with Crippen LogP contribution in [-0.4, -0.2) is 42.8 Å². The minimum absolute atomic E-state index is 0.232. The molecule has 0 aliphatic carbocycles. The summed E-state index contributed by atoms with van der Waals surface area (Å²) in [4.78, 5) is 16.1. The van der Waals surface area contributed by atoms with E-state index < -0.39 is 5.60 Å². The van der Waals surface area contributed by atoms with Crippen LogP contribution in [0.5, 0.6) is 0 Å². The molecule has 1 aliphatic heterocycles. The lowest BCUT2D eigenvalue weighted by atomic mass is 10.1. The number of nitrogens with zero attached hydrogens (tertiary/aromatic N) is 2. The third-order valence-electron chi connectivity index (χ3n) is 3.47. The minimum atomic E-state index is -0.450. The first-order chi connectivity index (χ1) is 10.3. The Labute approximate surface area is 140 Å². The number of ether oxygens (including phenoxy) is 1. The molecule has 1 aromatic rings. The van der Waals surface area contributed by atoms with Gasteiger partial charge >= 0.3 is 6.09 Å². The fraction of sp³-hybridized carbons (Fsp3) is 0.562. The van der Waals surface area contributed by atoms with Crippen LogP contribution >= 0.6 is 15.9 Å². The van der Waals surface area contributed by atoms with Gasteiger partial charge in [-0.1, -0.05) is 15.9 Å². The summed E-state index contributed by atoms with van der Waals surface area (Å²) < 4.78 is 6.45. The van der Waals surface area contributed by atoms with E-state index >= 15 is 0 Å². The van der Waals surface area contributed by atoms with Crippen LogP contribution in [0.4, 0.5) is 10.5 Å². The van der Waals surface area contributed by atoms with Crippen molar-refractivity contribution in [2.24, 2.45) is 5.73 Å². The van der Waals surface area contributed by atoms with E-state index in [1.54, 1.807) is 4.90 Å². The molecule has 0 radical (unpaired) electrons. The highest BCUT2D eigenvalue weighted by atomic mass is 79.9. The highest BCUT2D eigenvalue weighted by molar-refractivity contribution is 9.10. The van der Waals surface area contributed by atoms with Gasteiger partial charge in [0, 0.05) is 42.9 Å². The lowest BCUT2D eigenvalue weighted by molar-refractivity contribution is 0.0240. The van der Waals surface area contributed by atoms with Crippen molar-refractivity contribution in [2.75, 3.05) is 31.1 Å². The summed E-state index contributed by atoms with van der Waals surface area (Å²) in [6, 6.07) is 6.22. The molecule has 5 nitrogen and oxygen atoms in total. The molecule has 1 amide bonds. The van der Waals surface area contributed by atoms with Gasteiger partial charge in [-0.2, -0.15) is 0 Å². The Morgan fingerprint density at radius 1 is 1.23 bits per heavy atom. The molecule has 2 rings (SSSR count). The number of anilines is 1. The van der Waals surface area contributed by atoms with Crippen molar-refractivity contribution in [1.29, 1.82) is 0 Å². The molecule has 0 atom stereocenters. The molecule has 0 aromatic heterocycles. The van der Waals surface area contributed by atoms with E-state index in [1.165, 1.54) is 0 Å². The van der Waals surface area contributed by atoms with Crippen LogP contribution in [-0.2, 0) is 11.3 Å².